The van der Waals surface area contributed by atoms with Crippen LogP contribution >= 0.6 is 11.6 Å². The van der Waals surface area contributed by atoms with Crippen molar-refractivity contribution < 1.29 is 23.1 Å². The fraction of sp³-hybridized carbons (Fsp3) is 0.278. The van der Waals surface area contributed by atoms with Gasteiger partial charge in [0.15, 0.2) is 0 Å². The van der Waals surface area contributed by atoms with Crippen molar-refractivity contribution in [2.75, 3.05) is 25.0 Å². The molecule has 49 heavy (non-hydrogen) atoms. The summed E-state index contributed by atoms with van der Waals surface area (Å²) in [5, 5.41) is 14.1. The number of aromatic nitrogens is 3. The Balaban J connectivity index is 1.07. The zero-order valence-electron chi connectivity index (χ0n) is 26.5. The first-order valence-corrected chi connectivity index (χ1v) is 18.0. The average molecular weight is 699 g/mol. The van der Waals surface area contributed by atoms with E-state index in [1.165, 1.54) is 15.1 Å². The van der Waals surface area contributed by atoms with Crippen LogP contribution in [0.15, 0.2) is 102 Å². The fourth-order valence-electron chi connectivity index (χ4n) is 6.99. The van der Waals surface area contributed by atoms with Crippen molar-refractivity contribution in [2.45, 2.75) is 42.7 Å². The number of amides is 2. The first-order chi connectivity index (χ1) is 23.7. The van der Waals surface area contributed by atoms with Crippen molar-refractivity contribution in [3.8, 4) is 11.3 Å². The molecule has 2 aliphatic heterocycles. The Morgan fingerprint density at radius 3 is 2.41 bits per heavy atom. The van der Waals surface area contributed by atoms with Gasteiger partial charge in [0.1, 0.15) is 0 Å². The molecule has 0 radical (unpaired) electrons. The van der Waals surface area contributed by atoms with Gasteiger partial charge in [0.2, 0.25) is 11.9 Å². The third kappa shape index (κ3) is 6.58. The molecule has 2 fully saturated rings. The van der Waals surface area contributed by atoms with Crippen LogP contribution in [0.3, 0.4) is 0 Å². The lowest BCUT2D eigenvalue weighted by atomic mass is 9.87. The smallest absolute Gasteiger partial charge is 0.407 e. The third-order valence-corrected chi connectivity index (χ3v) is 11.4. The van der Waals surface area contributed by atoms with Crippen molar-refractivity contribution in [3.63, 3.8) is 0 Å². The van der Waals surface area contributed by atoms with Gasteiger partial charge >= 0.3 is 6.09 Å². The normalized spacial score (nSPS) is 19.7. The number of nitrogens with one attached hydrogen (secondary N) is 1. The number of hydrogen-bond acceptors (Lipinski definition) is 7. The van der Waals surface area contributed by atoms with Crippen LogP contribution in [0.2, 0.25) is 5.02 Å². The molecule has 252 valence electrons. The molecule has 2 amide bonds. The number of carbonyl (C=O) groups excluding carboxylic acids is 1. The Morgan fingerprint density at radius 1 is 0.939 bits per heavy atom. The average Bonchev–Trinajstić information content (AvgIpc) is 3.75. The number of piperidine rings is 1. The van der Waals surface area contributed by atoms with Crippen LogP contribution in [0, 0.1) is 5.92 Å². The Labute approximate surface area is 289 Å². The number of para-hydroxylation sites is 1. The predicted molar refractivity (Wildman–Crippen MR) is 187 cm³/mol. The largest absolute Gasteiger partial charge is 0.465 e. The minimum absolute atomic E-state index is 0.0394. The highest BCUT2D eigenvalue weighted by atomic mass is 35.5. The molecule has 0 spiro atoms. The van der Waals surface area contributed by atoms with Gasteiger partial charge in [-0.2, -0.15) is 0 Å². The molecular formula is C36H35ClN6O5S. The monoisotopic (exact) mass is 698 g/mol. The molecule has 2 N–H and O–H groups in total. The highest BCUT2D eigenvalue weighted by molar-refractivity contribution is 7.90. The summed E-state index contributed by atoms with van der Waals surface area (Å²) in [6.45, 7) is 1.34. The lowest BCUT2D eigenvalue weighted by Gasteiger charge is -2.38. The number of carbonyl (C=O) groups is 2. The van der Waals surface area contributed by atoms with E-state index < -0.39 is 16.1 Å². The van der Waals surface area contributed by atoms with Gasteiger partial charge in [-0.1, -0.05) is 78.3 Å². The number of halogens is 1. The molecule has 7 rings (SSSR count). The van der Waals surface area contributed by atoms with Crippen LogP contribution in [0.25, 0.3) is 22.2 Å². The molecule has 3 aromatic carbocycles. The Hall–Kier alpha value is -4.94. The van der Waals surface area contributed by atoms with Gasteiger partial charge in [0.25, 0.3) is 10.0 Å². The van der Waals surface area contributed by atoms with E-state index in [1.807, 2.05) is 47.4 Å². The molecule has 0 aliphatic carbocycles. The second-order valence-corrected chi connectivity index (χ2v) is 14.7. The molecule has 0 bridgehead atoms. The third-order valence-electron chi connectivity index (χ3n) is 9.44. The molecule has 0 saturated carbocycles. The highest BCUT2D eigenvalue weighted by Crippen LogP contribution is 2.36. The van der Waals surface area contributed by atoms with Crippen molar-refractivity contribution in [1.82, 2.24) is 23.7 Å². The van der Waals surface area contributed by atoms with Crippen molar-refractivity contribution in [1.29, 1.82) is 0 Å². The topological polar surface area (TPSA) is 138 Å². The summed E-state index contributed by atoms with van der Waals surface area (Å²) < 4.78 is 28.5. The zero-order chi connectivity index (χ0) is 34.1. The number of likely N-dealkylation sites (tertiary alicyclic amines) is 2. The minimum Gasteiger partial charge on any atom is -0.465 e. The lowest BCUT2D eigenvalue weighted by molar-refractivity contribution is -0.136. The predicted octanol–water partition coefficient (Wildman–Crippen LogP) is 6.00. The van der Waals surface area contributed by atoms with Crippen LogP contribution in [0.5, 0.6) is 0 Å². The molecule has 3 atom stereocenters. The SMILES string of the molecule is O=C(C1CCN(C(=O)O)C(Cc2ccccc2)C1)N1CC[C@@H](Nc2ncc(Cl)c(-c3cn(S(=O)(=O)c4ccccc4)c4ccccc34)n2)C1. The van der Waals surface area contributed by atoms with E-state index >= 15 is 0 Å². The Kier molecular flexibility index (Phi) is 9.00. The van der Waals surface area contributed by atoms with Crippen LogP contribution in [-0.4, -0.2) is 81.0 Å². The van der Waals surface area contributed by atoms with E-state index in [0.29, 0.717) is 73.4 Å². The lowest BCUT2D eigenvalue weighted by Crippen LogP contribution is -2.50. The minimum atomic E-state index is -3.90. The maximum Gasteiger partial charge on any atom is 0.407 e. The maximum atomic E-state index is 13.7. The Bertz CT molecular complexity index is 2110. The summed E-state index contributed by atoms with van der Waals surface area (Å²) in [4.78, 5) is 38.3. The number of rotatable bonds is 8. The number of anilines is 1. The van der Waals surface area contributed by atoms with Crippen LogP contribution in [0.1, 0.15) is 24.8 Å². The second-order valence-electron chi connectivity index (χ2n) is 12.5. The molecule has 13 heteroatoms. The van der Waals surface area contributed by atoms with Gasteiger partial charge in [-0.3, -0.25) is 4.79 Å². The van der Waals surface area contributed by atoms with E-state index in [2.05, 4.69) is 10.3 Å². The van der Waals surface area contributed by atoms with Crippen molar-refractivity contribution >= 4 is 50.5 Å². The van der Waals surface area contributed by atoms with Crippen LogP contribution in [0.4, 0.5) is 10.7 Å². The number of fused-ring (bicyclic) bond motifs is 1. The quantitative estimate of drug-likeness (QED) is 0.201. The number of benzene rings is 3. The van der Waals surface area contributed by atoms with E-state index in [9.17, 15) is 23.1 Å². The van der Waals surface area contributed by atoms with Gasteiger partial charge in [0, 0.05) is 54.8 Å². The number of carboxylic acid groups (broad SMARTS) is 1. The summed E-state index contributed by atoms with van der Waals surface area (Å²) in [5.41, 5.74) is 2.47. The van der Waals surface area contributed by atoms with Gasteiger partial charge in [-0.25, -0.2) is 27.2 Å². The summed E-state index contributed by atoms with van der Waals surface area (Å²) in [5.74, 6) is 0.0996. The van der Waals surface area contributed by atoms with E-state index in [4.69, 9.17) is 16.6 Å². The standard InChI is InChI=1S/C36H35ClN6O5S/c37-31-21-38-35(40-33(31)30-23-43(32-14-8-7-13-29(30)32)49(47,48)28-11-5-2-6-12-28)39-26-16-17-41(22-26)34(44)25-15-18-42(36(45)46)27(20-25)19-24-9-3-1-4-10-24/h1-14,21,23,25-27H,15-20,22H2,(H,45,46)(H,38,39,40)/t25?,26-,27?/m1/s1. The highest BCUT2D eigenvalue weighted by Gasteiger charge is 2.38. The zero-order valence-corrected chi connectivity index (χ0v) is 28.1. The first-order valence-electron chi connectivity index (χ1n) is 16.2. The number of hydrogen-bond donors (Lipinski definition) is 2. The van der Waals surface area contributed by atoms with E-state index in [0.717, 1.165) is 5.56 Å². The van der Waals surface area contributed by atoms with E-state index in [-0.39, 0.29) is 33.8 Å². The van der Waals surface area contributed by atoms with Crippen molar-refractivity contribution in [3.05, 3.63) is 108 Å². The van der Waals surface area contributed by atoms with Crippen LogP contribution in [-0.2, 0) is 21.2 Å². The van der Waals surface area contributed by atoms with Crippen molar-refractivity contribution in [2.24, 2.45) is 5.92 Å². The maximum absolute atomic E-state index is 13.7. The van der Waals surface area contributed by atoms with Gasteiger partial charge in [0.05, 0.1) is 27.3 Å². The molecule has 2 aromatic heterocycles. The van der Waals surface area contributed by atoms with Gasteiger partial charge in [-0.05, 0) is 49.4 Å². The fourth-order valence-corrected chi connectivity index (χ4v) is 8.58. The number of nitrogens with zero attached hydrogens (tertiary/aromatic N) is 5. The molecule has 4 heterocycles. The summed E-state index contributed by atoms with van der Waals surface area (Å²) >= 11 is 6.63. The molecule has 2 unspecified atom stereocenters. The second kappa shape index (κ2) is 13.5. The summed E-state index contributed by atoms with van der Waals surface area (Å²) in [6.07, 6.45) is 4.29. The molecule has 11 nitrogen and oxygen atoms in total. The summed E-state index contributed by atoms with van der Waals surface area (Å²) in [7, 11) is -3.90. The van der Waals surface area contributed by atoms with Gasteiger partial charge in [-0.15, -0.1) is 0 Å². The van der Waals surface area contributed by atoms with Gasteiger partial charge < -0.3 is 20.2 Å². The molecule has 2 saturated heterocycles. The first kappa shape index (κ1) is 32.6. The molecular weight excluding hydrogens is 664 g/mol. The molecule has 5 aromatic rings. The van der Waals surface area contributed by atoms with Crippen LogP contribution < -0.4 is 5.32 Å². The Morgan fingerprint density at radius 2 is 1.65 bits per heavy atom. The van der Waals surface area contributed by atoms with E-state index in [1.54, 1.807) is 48.7 Å². The molecule has 2 aliphatic rings. The summed E-state index contributed by atoms with van der Waals surface area (Å²) in [6, 6.07) is 24.8.